The Morgan fingerprint density at radius 2 is 2.10 bits per heavy atom. The van der Waals surface area contributed by atoms with Gasteiger partial charge in [-0.05, 0) is 39.0 Å². The first-order chi connectivity index (χ1) is 10.2. The molecule has 0 radical (unpaired) electrons. The number of para-hydroxylation sites is 1. The lowest BCUT2D eigenvalue weighted by Gasteiger charge is -2.31. The molecule has 0 atom stereocenters. The van der Waals surface area contributed by atoms with Crippen molar-refractivity contribution in [3.05, 3.63) is 35.9 Å². The fourth-order valence-corrected chi connectivity index (χ4v) is 2.56. The molecule has 1 N–H and O–H groups in total. The number of piperidine rings is 1. The van der Waals surface area contributed by atoms with Gasteiger partial charge in [-0.1, -0.05) is 18.2 Å². The summed E-state index contributed by atoms with van der Waals surface area (Å²) in [4.78, 5) is 14.1. The zero-order chi connectivity index (χ0) is 15.1. The summed E-state index contributed by atoms with van der Waals surface area (Å²) in [7, 11) is 1.98. The molecule has 0 aromatic heterocycles. The van der Waals surface area contributed by atoms with Crippen LogP contribution in [0.1, 0.15) is 25.3 Å². The van der Waals surface area contributed by atoms with E-state index in [1.54, 1.807) is 6.08 Å². The summed E-state index contributed by atoms with van der Waals surface area (Å²) in [6.07, 6.45) is 5.53. The van der Waals surface area contributed by atoms with Crippen molar-refractivity contribution in [1.82, 2.24) is 10.2 Å². The highest BCUT2D eigenvalue weighted by atomic mass is 16.5. The van der Waals surface area contributed by atoms with Gasteiger partial charge in [0.15, 0.2) is 0 Å². The number of ether oxygens (including phenoxy) is 1. The topological polar surface area (TPSA) is 41.6 Å². The molecule has 1 heterocycles. The standard InChI is InChI=1S/C17H24N2O2/c1-3-21-16-7-5-4-6-14(16)8-9-17(20)19-12-10-15(18-2)11-13-19/h4-9,15,18H,3,10-13H2,1-2H3. The van der Waals surface area contributed by atoms with Gasteiger partial charge in [0, 0.05) is 30.8 Å². The lowest BCUT2D eigenvalue weighted by Crippen LogP contribution is -2.43. The molecule has 1 aliphatic rings. The third kappa shape index (κ3) is 4.33. The van der Waals surface area contributed by atoms with E-state index in [4.69, 9.17) is 4.74 Å². The number of carbonyl (C=O) groups is 1. The van der Waals surface area contributed by atoms with Gasteiger partial charge in [0.05, 0.1) is 6.61 Å². The summed E-state index contributed by atoms with van der Waals surface area (Å²) in [6.45, 7) is 4.22. The van der Waals surface area contributed by atoms with Gasteiger partial charge in [-0.25, -0.2) is 0 Å². The predicted octanol–water partition coefficient (Wildman–Crippen LogP) is 2.31. The van der Waals surface area contributed by atoms with Gasteiger partial charge in [-0.3, -0.25) is 4.79 Å². The number of hydrogen-bond acceptors (Lipinski definition) is 3. The van der Waals surface area contributed by atoms with Crippen LogP contribution in [0.3, 0.4) is 0 Å². The quantitative estimate of drug-likeness (QED) is 0.845. The number of rotatable bonds is 5. The second-order valence-corrected chi connectivity index (χ2v) is 5.19. The Hall–Kier alpha value is -1.81. The van der Waals surface area contributed by atoms with E-state index < -0.39 is 0 Å². The van der Waals surface area contributed by atoms with Gasteiger partial charge in [0.2, 0.25) is 5.91 Å². The minimum Gasteiger partial charge on any atom is -0.493 e. The monoisotopic (exact) mass is 288 g/mol. The van der Waals surface area contributed by atoms with Crippen LogP contribution >= 0.6 is 0 Å². The number of likely N-dealkylation sites (tertiary alicyclic amines) is 1. The molecule has 0 spiro atoms. The normalized spacial score (nSPS) is 16.4. The fraction of sp³-hybridized carbons (Fsp3) is 0.471. The number of hydrogen-bond donors (Lipinski definition) is 1. The van der Waals surface area contributed by atoms with Crippen LogP contribution in [0.2, 0.25) is 0 Å². The first kappa shape index (κ1) is 15.6. The largest absolute Gasteiger partial charge is 0.493 e. The summed E-state index contributed by atoms with van der Waals surface area (Å²) in [5, 5.41) is 3.27. The Bertz CT molecular complexity index is 491. The fourth-order valence-electron chi connectivity index (χ4n) is 2.56. The molecule has 4 nitrogen and oxygen atoms in total. The predicted molar refractivity (Wildman–Crippen MR) is 85.3 cm³/mol. The van der Waals surface area contributed by atoms with Crippen LogP contribution in [0.4, 0.5) is 0 Å². The van der Waals surface area contributed by atoms with Gasteiger partial charge in [0.1, 0.15) is 5.75 Å². The highest BCUT2D eigenvalue weighted by Crippen LogP contribution is 2.19. The maximum atomic E-state index is 12.2. The molecule has 1 fully saturated rings. The van der Waals surface area contributed by atoms with Gasteiger partial charge >= 0.3 is 0 Å². The van der Waals surface area contributed by atoms with Crippen LogP contribution in [-0.4, -0.2) is 43.6 Å². The maximum absolute atomic E-state index is 12.2. The molecule has 2 rings (SSSR count). The first-order valence-electron chi connectivity index (χ1n) is 7.60. The van der Waals surface area contributed by atoms with Crippen molar-refractivity contribution in [3.8, 4) is 5.75 Å². The molecule has 0 bridgehead atoms. The summed E-state index contributed by atoms with van der Waals surface area (Å²) in [6, 6.07) is 8.31. The third-order valence-electron chi connectivity index (χ3n) is 3.84. The first-order valence-corrected chi connectivity index (χ1v) is 7.60. The second kappa shape index (κ2) is 7.84. The summed E-state index contributed by atoms with van der Waals surface area (Å²) >= 11 is 0. The zero-order valence-corrected chi connectivity index (χ0v) is 12.8. The van der Waals surface area contributed by atoms with Gasteiger partial charge in [-0.2, -0.15) is 0 Å². The Morgan fingerprint density at radius 3 is 2.76 bits per heavy atom. The lowest BCUT2D eigenvalue weighted by molar-refractivity contribution is -0.127. The van der Waals surface area contributed by atoms with Crippen molar-refractivity contribution in [1.29, 1.82) is 0 Å². The molecule has 1 aromatic carbocycles. The summed E-state index contributed by atoms with van der Waals surface area (Å²) in [5.41, 5.74) is 0.942. The van der Waals surface area contributed by atoms with Crippen LogP contribution in [0, 0.1) is 0 Å². The average molecular weight is 288 g/mol. The highest BCUT2D eigenvalue weighted by molar-refractivity contribution is 5.92. The van der Waals surface area contributed by atoms with E-state index in [-0.39, 0.29) is 5.91 Å². The number of nitrogens with one attached hydrogen (secondary N) is 1. The van der Waals surface area contributed by atoms with Crippen molar-refractivity contribution >= 4 is 12.0 Å². The van der Waals surface area contributed by atoms with Crippen LogP contribution in [0.15, 0.2) is 30.3 Å². The lowest BCUT2D eigenvalue weighted by atomic mass is 10.1. The molecule has 4 heteroatoms. The van der Waals surface area contributed by atoms with E-state index in [0.717, 1.165) is 37.2 Å². The van der Waals surface area contributed by atoms with E-state index >= 15 is 0 Å². The summed E-state index contributed by atoms with van der Waals surface area (Å²) < 4.78 is 5.56. The van der Waals surface area contributed by atoms with Crippen molar-refractivity contribution in [2.45, 2.75) is 25.8 Å². The molecular formula is C17H24N2O2. The van der Waals surface area contributed by atoms with Gasteiger partial charge < -0.3 is 15.0 Å². The van der Waals surface area contributed by atoms with Crippen LogP contribution < -0.4 is 10.1 Å². The van der Waals surface area contributed by atoms with E-state index in [0.29, 0.717) is 12.6 Å². The average Bonchev–Trinajstić information content (AvgIpc) is 2.54. The number of nitrogens with zero attached hydrogens (tertiary/aromatic N) is 1. The minimum atomic E-state index is 0.0795. The molecule has 0 aliphatic carbocycles. The summed E-state index contributed by atoms with van der Waals surface area (Å²) in [5.74, 6) is 0.897. The highest BCUT2D eigenvalue weighted by Gasteiger charge is 2.20. The van der Waals surface area contributed by atoms with Crippen LogP contribution in [0.5, 0.6) is 5.75 Å². The minimum absolute atomic E-state index is 0.0795. The van der Waals surface area contributed by atoms with Crippen molar-refractivity contribution in [3.63, 3.8) is 0 Å². The molecule has 1 amide bonds. The van der Waals surface area contributed by atoms with Crippen LogP contribution in [-0.2, 0) is 4.79 Å². The molecule has 0 saturated carbocycles. The molecule has 1 aliphatic heterocycles. The Balaban J connectivity index is 1.96. The smallest absolute Gasteiger partial charge is 0.246 e. The van der Waals surface area contributed by atoms with E-state index in [2.05, 4.69) is 5.32 Å². The molecule has 0 unspecified atom stereocenters. The van der Waals surface area contributed by atoms with E-state index in [1.807, 2.05) is 49.2 Å². The van der Waals surface area contributed by atoms with Crippen LogP contribution in [0.25, 0.3) is 6.08 Å². The molecule has 21 heavy (non-hydrogen) atoms. The van der Waals surface area contributed by atoms with Gasteiger partial charge in [0.25, 0.3) is 0 Å². The van der Waals surface area contributed by atoms with Crippen molar-refractivity contribution in [2.75, 3.05) is 26.7 Å². The Labute approximate surface area is 126 Å². The van der Waals surface area contributed by atoms with Crippen molar-refractivity contribution < 1.29 is 9.53 Å². The molecule has 1 saturated heterocycles. The van der Waals surface area contributed by atoms with E-state index in [9.17, 15) is 4.79 Å². The third-order valence-corrected chi connectivity index (χ3v) is 3.84. The van der Waals surface area contributed by atoms with Gasteiger partial charge in [-0.15, -0.1) is 0 Å². The Morgan fingerprint density at radius 1 is 1.38 bits per heavy atom. The Kier molecular flexibility index (Phi) is 5.81. The maximum Gasteiger partial charge on any atom is 0.246 e. The van der Waals surface area contributed by atoms with Crippen molar-refractivity contribution in [2.24, 2.45) is 0 Å². The zero-order valence-electron chi connectivity index (χ0n) is 12.8. The number of carbonyl (C=O) groups excluding carboxylic acids is 1. The number of benzene rings is 1. The molecule has 1 aromatic rings. The molecular weight excluding hydrogens is 264 g/mol. The number of amides is 1. The second-order valence-electron chi connectivity index (χ2n) is 5.19. The SMILES string of the molecule is CCOc1ccccc1C=CC(=O)N1CCC(NC)CC1. The van der Waals surface area contributed by atoms with E-state index in [1.165, 1.54) is 0 Å². The molecule has 114 valence electrons.